The summed E-state index contributed by atoms with van der Waals surface area (Å²) in [5.41, 5.74) is 7.53. The average Bonchev–Trinajstić information content (AvgIpc) is 2.36. The van der Waals surface area contributed by atoms with Crippen LogP contribution in [0.2, 0.25) is 0 Å². The number of ether oxygens (including phenoxy) is 1. The van der Waals surface area contributed by atoms with Crippen molar-refractivity contribution in [1.82, 2.24) is 0 Å². The van der Waals surface area contributed by atoms with Crippen molar-refractivity contribution in [1.29, 1.82) is 0 Å². The molecule has 0 bridgehead atoms. The van der Waals surface area contributed by atoms with Gasteiger partial charge in [-0.2, -0.15) is 0 Å². The number of hydrogen-bond donors (Lipinski definition) is 1. The lowest BCUT2D eigenvalue weighted by molar-refractivity contribution is 0.0288. The monoisotopic (exact) mass is 235 g/mol. The first-order valence-electron chi connectivity index (χ1n) is 6.62. The predicted octanol–water partition coefficient (Wildman–Crippen LogP) is 3.53. The fourth-order valence-electron chi connectivity index (χ4n) is 2.20. The SMILES string of the molecule is CCCC(C)C(N)C(OCC)c1ccccc1. The Kier molecular flexibility index (Phi) is 6.23. The Morgan fingerprint density at radius 1 is 1.18 bits per heavy atom. The molecule has 0 aliphatic heterocycles. The van der Waals surface area contributed by atoms with E-state index in [2.05, 4.69) is 26.0 Å². The van der Waals surface area contributed by atoms with Gasteiger partial charge in [0.15, 0.2) is 0 Å². The van der Waals surface area contributed by atoms with Crippen LogP contribution in [0.3, 0.4) is 0 Å². The van der Waals surface area contributed by atoms with Crippen molar-refractivity contribution in [3.05, 3.63) is 35.9 Å². The summed E-state index contributed by atoms with van der Waals surface area (Å²) in [5, 5.41) is 0. The smallest absolute Gasteiger partial charge is 0.0978 e. The van der Waals surface area contributed by atoms with Crippen molar-refractivity contribution in [2.75, 3.05) is 6.61 Å². The first-order chi connectivity index (χ1) is 8.20. The van der Waals surface area contributed by atoms with Crippen molar-refractivity contribution in [2.45, 2.75) is 45.8 Å². The third-order valence-electron chi connectivity index (χ3n) is 3.22. The largest absolute Gasteiger partial charge is 0.372 e. The summed E-state index contributed by atoms with van der Waals surface area (Å²) < 4.78 is 5.83. The van der Waals surface area contributed by atoms with Crippen LogP contribution in [0.5, 0.6) is 0 Å². The molecule has 1 aromatic rings. The molecule has 0 heterocycles. The summed E-state index contributed by atoms with van der Waals surface area (Å²) in [6.45, 7) is 7.13. The Balaban J connectivity index is 2.78. The van der Waals surface area contributed by atoms with Gasteiger partial charge >= 0.3 is 0 Å². The van der Waals surface area contributed by atoms with Gasteiger partial charge in [-0.1, -0.05) is 50.6 Å². The van der Waals surface area contributed by atoms with Crippen LogP contribution in [-0.2, 0) is 4.74 Å². The van der Waals surface area contributed by atoms with Gasteiger partial charge in [0, 0.05) is 12.6 Å². The van der Waals surface area contributed by atoms with Crippen LogP contribution >= 0.6 is 0 Å². The van der Waals surface area contributed by atoms with Crippen molar-refractivity contribution in [2.24, 2.45) is 11.7 Å². The molecule has 3 atom stereocenters. The van der Waals surface area contributed by atoms with Gasteiger partial charge in [-0.25, -0.2) is 0 Å². The summed E-state index contributed by atoms with van der Waals surface area (Å²) in [6.07, 6.45) is 2.34. The van der Waals surface area contributed by atoms with Crippen molar-refractivity contribution in [3.8, 4) is 0 Å². The lowest BCUT2D eigenvalue weighted by Crippen LogP contribution is -2.36. The average molecular weight is 235 g/mol. The van der Waals surface area contributed by atoms with Crippen LogP contribution in [0.1, 0.15) is 45.3 Å². The molecule has 2 N–H and O–H groups in total. The molecule has 0 aromatic heterocycles. The summed E-state index contributed by atoms with van der Waals surface area (Å²) in [4.78, 5) is 0. The van der Waals surface area contributed by atoms with E-state index in [4.69, 9.17) is 10.5 Å². The molecule has 0 aliphatic rings. The maximum atomic E-state index is 6.34. The molecule has 1 aromatic carbocycles. The first-order valence-corrected chi connectivity index (χ1v) is 6.62. The zero-order chi connectivity index (χ0) is 12.7. The zero-order valence-electron chi connectivity index (χ0n) is 11.2. The van der Waals surface area contributed by atoms with Gasteiger partial charge < -0.3 is 10.5 Å². The summed E-state index contributed by atoms with van der Waals surface area (Å²) in [5.74, 6) is 0.483. The Morgan fingerprint density at radius 2 is 1.82 bits per heavy atom. The van der Waals surface area contributed by atoms with Crippen molar-refractivity contribution < 1.29 is 4.74 Å². The van der Waals surface area contributed by atoms with Crippen molar-refractivity contribution in [3.63, 3.8) is 0 Å². The quantitative estimate of drug-likeness (QED) is 0.784. The van der Waals surface area contributed by atoms with Crippen LogP contribution in [0.4, 0.5) is 0 Å². The fourth-order valence-corrected chi connectivity index (χ4v) is 2.20. The Labute approximate surface area is 105 Å². The van der Waals surface area contributed by atoms with Gasteiger partial charge in [0.25, 0.3) is 0 Å². The van der Waals surface area contributed by atoms with Crippen LogP contribution in [0.25, 0.3) is 0 Å². The van der Waals surface area contributed by atoms with E-state index in [1.54, 1.807) is 0 Å². The minimum Gasteiger partial charge on any atom is -0.372 e. The third-order valence-corrected chi connectivity index (χ3v) is 3.22. The molecule has 0 amide bonds. The summed E-state index contributed by atoms with van der Waals surface area (Å²) in [7, 11) is 0. The van der Waals surface area contributed by atoms with Gasteiger partial charge in [-0.05, 0) is 24.8 Å². The van der Waals surface area contributed by atoms with Gasteiger partial charge in [-0.3, -0.25) is 0 Å². The summed E-state index contributed by atoms with van der Waals surface area (Å²) >= 11 is 0. The molecule has 96 valence electrons. The van der Waals surface area contributed by atoms with Crippen LogP contribution in [0.15, 0.2) is 30.3 Å². The fraction of sp³-hybridized carbons (Fsp3) is 0.600. The van der Waals surface area contributed by atoms with Gasteiger partial charge in [0.1, 0.15) is 0 Å². The number of hydrogen-bond acceptors (Lipinski definition) is 2. The number of nitrogens with two attached hydrogens (primary N) is 1. The lowest BCUT2D eigenvalue weighted by atomic mass is 9.90. The van der Waals surface area contributed by atoms with Crippen LogP contribution < -0.4 is 5.73 Å². The molecular formula is C15H25NO. The topological polar surface area (TPSA) is 35.2 Å². The highest BCUT2D eigenvalue weighted by molar-refractivity contribution is 5.19. The molecule has 0 spiro atoms. The molecule has 0 radical (unpaired) electrons. The van der Waals surface area contributed by atoms with E-state index in [-0.39, 0.29) is 12.1 Å². The zero-order valence-corrected chi connectivity index (χ0v) is 11.2. The number of rotatable bonds is 7. The predicted molar refractivity (Wildman–Crippen MR) is 72.9 cm³/mol. The molecular weight excluding hydrogens is 210 g/mol. The Bertz CT molecular complexity index is 299. The highest BCUT2D eigenvalue weighted by Gasteiger charge is 2.24. The van der Waals surface area contributed by atoms with E-state index in [1.807, 2.05) is 25.1 Å². The third kappa shape index (κ3) is 4.14. The lowest BCUT2D eigenvalue weighted by Gasteiger charge is -2.28. The van der Waals surface area contributed by atoms with Crippen molar-refractivity contribution >= 4 is 0 Å². The van der Waals surface area contributed by atoms with E-state index >= 15 is 0 Å². The Morgan fingerprint density at radius 3 is 2.35 bits per heavy atom. The molecule has 2 nitrogen and oxygen atoms in total. The standard InChI is InChI=1S/C15H25NO/c1-4-9-12(3)14(16)15(17-5-2)13-10-7-6-8-11-13/h6-8,10-12,14-15H,4-5,9,16H2,1-3H3. The molecule has 2 heteroatoms. The maximum absolute atomic E-state index is 6.34. The normalized spacial score (nSPS) is 16.5. The van der Waals surface area contributed by atoms with Gasteiger partial charge in [-0.15, -0.1) is 0 Å². The Hall–Kier alpha value is -0.860. The second kappa shape index (κ2) is 7.46. The molecule has 0 aliphatic carbocycles. The minimum atomic E-state index is 0.0164. The van der Waals surface area contributed by atoms with E-state index < -0.39 is 0 Å². The van der Waals surface area contributed by atoms with E-state index in [0.717, 1.165) is 6.42 Å². The molecule has 17 heavy (non-hydrogen) atoms. The van der Waals surface area contributed by atoms with E-state index in [9.17, 15) is 0 Å². The molecule has 0 saturated heterocycles. The number of benzene rings is 1. The highest BCUT2D eigenvalue weighted by atomic mass is 16.5. The van der Waals surface area contributed by atoms with Crippen LogP contribution in [0, 0.1) is 5.92 Å². The molecule has 0 fully saturated rings. The highest BCUT2D eigenvalue weighted by Crippen LogP contribution is 2.26. The second-order valence-electron chi connectivity index (χ2n) is 4.63. The van der Waals surface area contributed by atoms with Gasteiger partial charge in [0.05, 0.1) is 6.10 Å². The van der Waals surface area contributed by atoms with Crippen LogP contribution in [-0.4, -0.2) is 12.6 Å². The van der Waals surface area contributed by atoms with Gasteiger partial charge in [0.2, 0.25) is 0 Å². The molecule has 3 unspecified atom stereocenters. The maximum Gasteiger partial charge on any atom is 0.0978 e. The van der Waals surface area contributed by atoms with E-state index in [0.29, 0.717) is 12.5 Å². The summed E-state index contributed by atoms with van der Waals surface area (Å²) in [6, 6.07) is 10.4. The minimum absolute atomic E-state index is 0.0164. The molecule has 0 saturated carbocycles. The second-order valence-corrected chi connectivity index (χ2v) is 4.63. The molecule has 1 rings (SSSR count). The van der Waals surface area contributed by atoms with E-state index in [1.165, 1.54) is 12.0 Å². The first kappa shape index (κ1) is 14.2.